The molecule has 30 heavy (non-hydrogen) atoms. The first-order chi connectivity index (χ1) is 14.6. The lowest BCUT2D eigenvalue weighted by atomic mass is 10.1. The van der Waals surface area contributed by atoms with Gasteiger partial charge in [0.1, 0.15) is 24.8 Å². The Morgan fingerprint density at radius 2 is 1.67 bits per heavy atom. The van der Waals surface area contributed by atoms with Crippen molar-refractivity contribution in [3.8, 4) is 28.6 Å². The number of aryl methyl sites for hydroxylation is 1. The number of methoxy groups -OCH3 is 1. The van der Waals surface area contributed by atoms with E-state index < -0.39 is 0 Å². The predicted octanol–water partition coefficient (Wildman–Crippen LogP) is 4.36. The van der Waals surface area contributed by atoms with Gasteiger partial charge in [0.2, 0.25) is 0 Å². The Labute approximate surface area is 174 Å². The maximum atomic E-state index is 12.3. The Hall–Kier alpha value is -3.80. The summed E-state index contributed by atoms with van der Waals surface area (Å²) in [6.45, 7) is 2.81. The number of ether oxygens (including phenoxy) is 3. The van der Waals surface area contributed by atoms with E-state index in [1.807, 2.05) is 55.5 Å². The van der Waals surface area contributed by atoms with E-state index in [1.165, 1.54) is 5.56 Å². The summed E-state index contributed by atoms with van der Waals surface area (Å²) < 4.78 is 17.0. The highest BCUT2D eigenvalue weighted by molar-refractivity contribution is 5.79. The summed E-state index contributed by atoms with van der Waals surface area (Å²) in [5.41, 5.74) is 2.38. The molecule has 0 fully saturated rings. The van der Waals surface area contributed by atoms with E-state index in [0.29, 0.717) is 41.4 Å². The van der Waals surface area contributed by atoms with Crippen LogP contribution in [-0.2, 0) is 0 Å². The van der Waals surface area contributed by atoms with Crippen molar-refractivity contribution >= 4 is 10.9 Å². The average Bonchev–Trinajstić information content (AvgIpc) is 2.78. The number of fused-ring (bicyclic) bond motifs is 1. The molecule has 0 amide bonds. The van der Waals surface area contributed by atoms with Crippen LogP contribution in [-0.4, -0.2) is 30.3 Å². The molecule has 1 N–H and O–H groups in total. The first-order valence-corrected chi connectivity index (χ1v) is 9.64. The third-order valence-corrected chi connectivity index (χ3v) is 4.68. The van der Waals surface area contributed by atoms with Crippen LogP contribution >= 0.6 is 0 Å². The molecule has 0 unspecified atom stereocenters. The molecule has 6 nitrogen and oxygen atoms in total. The lowest BCUT2D eigenvalue weighted by molar-refractivity contribution is 0.211. The number of H-pyrrole nitrogens is 1. The molecule has 4 aromatic rings. The first-order valence-electron chi connectivity index (χ1n) is 9.64. The summed E-state index contributed by atoms with van der Waals surface area (Å²) in [5.74, 6) is 2.43. The van der Waals surface area contributed by atoms with Crippen LogP contribution in [0.4, 0.5) is 0 Å². The molecule has 0 radical (unpaired) electrons. The van der Waals surface area contributed by atoms with Crippen molar-refractivity contribution in [3.63, 3.8) is 0 Å². The highest BCUT2D eigenvalue weighted by atomic mass is 16.5. The van der Waals surface area contributed by atoms with Crippen LogP contribution in [0.5, 0.6) is 17.2 Å². The predicted molar refractivity (Wildman–Crippen MR) is 117 cm³/mol. The summed E-state index contributed by atoms with van der Waals surface area (Å²) in [6.07, 6.45) is 0. The van der Waals surface area contributed by atoms with Crippen LogP contribution in [0.2, 0.25) is 0 Å². The van der Waals surface area contributed by atoms with E-state index in [0.717, 1.165) is 11.3 Å². The largest absolute Gasteiger partial charge is 0.493 e. The van der Waals surface area contributed by atoms with Crippen LogP contribution < -0.4 is 19.8 Å². The molecule has 6 heteroatoms. The van der Waals surface area contributed by atoms with Gasteiger partial charge in [0.25, 0.3) is 5.56 Å². The van der Waals surface area contributed by atoms with Gasteiger partial charge in [0, 0.05) is 5.56 Å². The van der Waals surface area contributed by atoms with Crippen molar-refractivity contribution in [2.75, 3.05) is 20.3 Å². The molecular weight excluding hydrogens is 380 g/mol. The second-order valence-electron chi connectivity index (χ2n) is 6.81. The number of hydrogen-bond acceptors (Lipinski definition) is 5. The Morgan fingerprint density at radius 1 is 0.900 bits per heavy atom. The maximum Gasteiger partial charge on any atom is 0.259 e. The Balaban J connectivity index is 1.47. The molecule has 1 aromatic heterocycles. The molecule has 3 aromatic carbocycles. The lowest BCUT2D eigenvalue weighted by Gasteiger charge is -2.13. The normalized spacial score (nSPS) is 10.7. The van der Waals surface area contributed by atoms with Crippen LogP contribution in [0.3, 0.4) is 0 Å². The minimum atomic E-state index is -0.178. The van der Waals surface area contributed by atoms with Gasteiger partial charge in [-0.25, -0.2) is 4.98 Å². The first kappa shape index (κ1) is 19.5. The van der Waals surface area contributed by atoms with Crippen molar-refractivity contribution in [1.82, 2.24) is 9.97 Å². The van der Waals surface area contributed by atoms with Gasteiger partial charge in [-0.05, 0) is 49.4 Å². The molecule has 152 valence electrons. The highest BCUT2D eigenvalue weighted by Crippen LogP contribution is 2.31. The van der Waals surface area contributed by atoms with Crippen molar-refractivity contribution in [2.45, 2.75) is 6.92 Å². The minimum absolute atomic E-state index is 0.178. The maximum absolute atomic E-state index is 12.3. The molecule has 1 heterocycles. The van der Waals surface area contributed by atoms with Crippen molar-refractivity contribution < 1.29 is 14.2 Å². The zero-order chi connectivity index (χ0) is 20.9. The van der Waals surface area contributed by atoms with E-state index in [9.17, 15) is 4.79 Å². The monoisotopic (exact) mass is 402 g/mol. The van der Waals surface area contributed by atoms with Gasteiger partial charge >= 0.3 is 0 Å². The standard InChI is InChI=1S/C24H22N2O4/c1-16-7-10-18(11-8-16)29-13-14-30-21-12-9-17(15-22(21)28-2)23-25-20-6-4-3-5-19(20)24(27)26-23/h3-12,15H,13-14H2,1-2H3,(H,25,26,27). The van der Waals surface area contributed by atoms with E-state index in [1.54, 1.807) is 25.3 Å². The molecule has 0 aliphatic heterocycles. The van der Waals surface area contributed by atoms with E-state index in [4.69, 9.17) is 14.2 Å². The van der Waals surface area contributed by atoms with Crippen molar-refractivity contribution in [2.24, 2.45) is 0 Å². The zero-order valence-electron chi connectivity index (χ0n) is 16.8. The number of nitrogens with zero attached hydrogens (tertiary/aromatic N) is 1. The van der Waals surface area contributed by atoms with Crippen LogP contribution in [0.25, 0.3) is 22.3 Å². The van der Waals surface area contributed by atoms with Crippen molar-refractivity contribution in [3.05, 3.63) is 82.6 Å². The molecule has 0 aliphatic carbocycles. The summed E-state index contributed by atoms with van der Waals surface area (Å²) in [6, 6.07) is 20.5. The van der Waals surface area contributed by atoms with Gasteiger partial charge in [-0.15, -0.1) is 0 Å². The number of aromatic amines is 1. The Bertz CT molecular complexity index is 1220. The van der Waals surface area contributed by atoms with Crippen LogP contribution in [0.1, 0.15) is 5.56 Å². The van der Waals surface area contributed by atoms with Gasteiger partial charge in [-0.1, -0.05) is 29.8 Å². The Morgan fingerprint density at radius 3 is 2.47 bits per heavy atom. The number of hydrogen-bond donors (Lipinski definition) is 1. The Kier molecular flexibility index (Phi) is 5.66. The van der Waals surface area contributed by atoms with Gasteiger partial charge in [-0.3, -0.25) is 4.79 Å². The van der Waals surface area contributed by atoms with Crippen LogP contribution in [0, 0.1) is 6.92 Å². The molecule has 0 saturated carbocycles. The third-order valence-electron chi connectivity index (χ3n) is 4.68. The van der Waals surface area contributed by atoms with Gasteiger partial charge in [-0.2, -0.15) is 0 Å². The topological polar surface area (TPSA) is 73.4 Å². The van der Waals surface area contributed by atoms with E-state index in [-0.39, 0.29) is 5.56 Å². The fourth-order valence-corrected chi connectivity index (χ4v) is 3.10. The average molecular weight is 402 g/mol. The number of nitrogens with one attached hydrogen (secondary N) is 1. The smallest absolute Gasteiger partial charge is 0.259 e. The molecule has 4 rings (SSSR count). The summed E-state index contributed by atoms with van der Waals surface area (Å²) in [7, 11) is 1.57. The number of para-hydroxylation sites is 1. The molecule has 0 atom stereocenters. The van der Waals surface area contributed by atoms with Gasteiger partial charge in [0.15, 0.2) is 11.5 Å². The highest BCUT2D eigenvalue weighted by Gasteiger charge is 2.10. The molecule has 0 aliphatic rings. The van der Waals surface area contributed by atoms with Gasteiger partial charge in [0.05, 0.1) is 18.0 Å². The van der Waals surface area contributed by atoms with E-state index >= 15 is 0 Å². The third kappa shape index (κ3) is 4.27. The van der Waals surface area contributed by atoms with Crippen LogP contribution in [0.15, 0.2) is 71.5 Å². The summed E-state index contributed by atoms with van der Waals surface area (Å²) in [5, 5.41) is 0.557. The van der Waals surface area contributed by atoms with E-state index in [2.05, 4.69) is 9.97 Å². The number of aromatic nitrogens is 2. The number of benzene rings is 3. The molecule has 0 spiro atoms. The minimum Gasteiger partial charge on any atom is -0.493 e. The molecular formula is C24H22N2O4. The quantitative estimate of drug-likeness (QED) is 0.465. The zero-order valence-corrected chi connectivity index (χ0v) is 16.8. The van der Waals surface area contributed by atoms with Crippen molar-refractivity contribution in [1.29, 1.82) is 0 Å². The summed E-state index contributed by atoms with van der Waals surface area (Å²) >= 11 is 0. The second-order valence-corrected chi connectivity index (χ2v) is 6.81. The summed E-state index contributed by atoms with van der Waals surface area (Å²) in [4.78, 5) is 19.7. The second kappa shape index (κ2) is 8.69. The van der Waals surface area contributed by atoms with Gasteiger partial charge < -0.3 is 19.2 Å². The molecule has 0 bridgehead atoms. The fraction of sp³-hybridized carbons (Fsp3) is 0.167. The fourth-order valence-electron chi connectivity index (χ4n) is 3.10. The SMILES string of the molecule is COc1cc(-c2nc3ccccc3c(=O)[nH]2)ccc1OCCOc1ccc(C)cc1. The lowest BCUT2D eigenvalue weighted by Crippen LogP contribution is -2.10. The number of rotatable bonds is 7. The molecule has 0 saturated heterocycles.